The maximum Gasteiger partial charge on any atom is 0.185 e. The number of anilines is 1. The molecule has 2 aromatic heterocycles. The Morgan fingerprint density at radius 1 is 1.26 bits per heavy atom. The quantitative estimate of drug-likeness (QED) is 0.844. The Kier molecular flexibility index (Phi) is 5.30. The summed E-state index contributed by atoms with van der Waals surface area (Å²) in [5.74, 6) is 0. The van der Waals surface area contributed by atoms with Crippen molar-refractivity contribution < 1.29 is 0 Å². The number of thiazole rings is 1. The Labute approximate surface area is 118 Å². The van der Waals surface area contributed by atoms with Gasteiger partial charge >= 0.3 is 0 Å². The van der Waals surface area contributed by atoms with E-state index in [1.807, 2.05) is 12.4 Å². The molecule has 0 aliphatic carbocycles. The summed E-state index contributed by atoms with van der Waals surface area (Å²) >= 11 is 1.71. The van der Waals surface area contributed by atoms with Crippen LogP contribution >= 0.6 is 11.3 Å². The molecule has 0 amide bonds. The van der Waals surface area contributed by atoms with Gasteiger partial charge in [-0.05, 0) is 31.2 Å². The molecule has 0 fully saturated rings. The van der Waals surface area contributed by atoms with Crippen molar-refractivity contribution in [3.63, 3.8) is 0 Å². The number of hydrogen-bond donors (Lipinski definition) is 1. The molecule has 0 spiro atoms. The van der Waals surface area contributed by atoms with E-state index in [0.29, 0.717) is 0 Å². The lowest BCUT2D eigenvalue weighted by molar-refractivity contribution is 0.711. The monoisotopic (exact) mass is 276 g/mol. The molecule has 0 aliphatic rings. The van der Waals surface area contributed by atoms with Gasteiger partial charge in [0.1, 0.15) is 0 Å². The van der Waals surface area contributed by atoms with E-state index < -0.39 is 0 Å². The zero-order chi connectivity index (χ0) is 13.5. The number of rotatable bonds is 7. The average Bonchev–Trinajstić information content (AvgIpc) is 2.92. The predicted octanol–water partition coefficient (Wildman–Crippen LogP) is 2.67. The largest absolute Gasteiger partial charge is 0.344 e. The Balaban J connectivity index is 2.03. The summed E-state index contributed by atoms with van der Waals surface area (Å²) < 4.78 is 0. The number of pyridine rings is 1. The van der Waals surface area contributed by atoms with E-state index >= 15 is 0 Å². The molecule has 0 bridgehead atoms. The summed E-state index contributed by atoms with van der Waals surface area (Å²) in [7, 11) is 0. The number of hydrogen-bond acceptors (Lipinski definition) is 5. The van der Waals surface area contributed by atoms with Gasteiger partial charge in [-0.1, -0.05) is 6.92 Å². The van der Waals surface area contributed by atoms with Crippen LogP contribution in [0.5, 0.6) is 0 Å². The number of aromatic nitrogens is 2. The second-order valence-corrected chi connectivity index (χ2v) is 5.11. The van der Waals surface area contributed by atoms with Crippen LogP contribution in [-0.4, -0.2) is 23.1 Å². The lowest BCUT2D eigenvalue weighted by Gasteiger charge is -2.19. The zero-order valence-electron chi connectivity index (χ0n) is 11.5. The molecule has 0 saturated carbocycles. The molecule has 2 rings (SSSR count). The third-order valence-corrected chi connectivity index (χ3v) is 3.82. The Bertz CT molecular complexity index is 483. The van der Waals surface area contributed by atoms with Crippen LogP contribution in [0.4, 0.5) is 5.13 Å². The molecular formula is C14H20N4S. The summed E-state index contributed by atoms with van der Waals surface area (Å²) in [6.07, 6.45) is 3.67. The van der Waals surface area contributed by atoms with Crippen LogP contribution < -0.4 is 10.2 Å². The van der Waals surface area contributed by atoms with E-state index in [2.05, 4.69) is 51.5 Å². The highest BCUT2D eigenvalue weighted by atomic mass is 32.1. The van der Waals surface area contributed by atoms with E-state index in [1.54, 1.807) is 11.3 Å². The van der Waals surface area contributed by atoms with Gasteiger partial charge < -0.3 is 10.2 Å². The van der Waals surface area contributed by atoms with E-state index in [0.717, 1.165) is 37.0 Å². The summed E-state index contributed by atoms with van der Waals surface area (Å²) in [4.78, 5) is 11.0. The summed E-state index contributed by atoms with van der Waals surface area (Å²) in [6.45, 7) is 7.92. The van der Waals surface area contributed by atoms with Crippen LogP contribution in [0, 0.1) is 0 Å². The van der Waals surface area contributed by atoms with Crippen LogP contribution in [0.15, 0.2) is 29.9 Å². The summed E-state index contributed by atoms with van der Waals surface area (Å²) in [5, 5.41) is 6.52. The van der Waals surface area contributed by atoms with Crippen molar-refractivity contribution in [3.8, 4) is 0 Å². The highest BCUT2D eigenvalue weighted by Crippen LogP contribution is 2.22. The molecule has 19 heavy (non-hydrogen) atoms. The maximum atomic E-state index is 4.68. The fraction of sp³-hybridized carbons (Fsp3) is 0.429. The average molecular weight is 276 g/mol. The van der Waals surface area contributed by atoms with Gasteiger partial charge in [-0.2, -0.15) is 0 Å². The summed E-state index contributed by atoms with van der Waals surface area (Å²) in [6, 6.07) is 4.10. The van der Waals surface area contributed by atoms with Crippen molar-refractivity contribution in [2.75, 3.05) is 18.0 Å². The standard InChI is InChI=1S/C14H20N4S/c1-3-15-9-13-11-19-14(17-13)18(4-2)10-12-5-7-16-8-6-12/h5-8,11,15H,3-4,9-10H2,1-2H3. The van der Waals surface area contributed by atoms with Gasteiger partial charge in [0.05, 0.1) is 5.69 Å². The minimum Gasteiger partial charge on any atom is -0.344 e. The molecule has 0 aliphatic heterocycles. The smallest absolute Gasteiger partial charge is 0.185 e. The Morgan fingerprint density at radius 3 is 2.74 bits per heavy atom. The fourth-order valence-corrected chi connectivity index (χ4v) is 2.69. The van der Waals surface area contributed by atoms with Gasteiger partial charge in [0, 0.05) is 37.4 Å². The first-order valence-electron chi connectivity index (χ1n) is 6.62. The van der Waals surface area contributed by atoms with Crippen molar-refractivity contribution >= 4 is 16.5 Å². The second kappa shape index (κ2) is 7.21. The van der Waals surface area contributed by atoms with Crippen molar-refractivity contribution in [2.24, 2.45) is 0 Å². The molecular weight excluding hydrogens is 256 g/mol. The van der Waals surface area contributed by atoms with Crippen molar-refractivity contribution in [1.82, 2.24) is 15.3 Å². The molecule has 5 heteroatoms. The lowest BCUT2D eigenvalue weighted by Crippen LogP contribution is -2.22. The molecule has 2 aromatic rings. The third-order valence-electron chi connectivity index (χ3n) is 2.87. The third kappa shape index (κ3) is 4.01. The van der Waals surface area contributed by atoms with Gasteiger partial charge in [-0.3, -0.25) is 4.98 Å². The minimum atomic E-state index is 0.847. The highest BCUT2D eigenvalue weighted by Gasteiger charge is 2.09. The minimum absolute atomic E-state index is 0.847. The molecule has 102 valence electrons. The molecule has 4 nitrogen and oxygen atoms in total. The predicted molar refractivity (Wildman–Crippen MR) is 80.5 cm³/mol. The van der Waals surface area contributed by atoms with Gasteiger partial charge in [-0.15, -0.1) is 11.3 Å². The molecule has 0 aromatic carbocycles. The van der Waals surface area contributed by atoms with E-state index in [-0.39, 0.29) is 0 Å². The molecule has 0 saturated heterocycles. The second-order valence-electron chi connectivity index (χ2n) is 4.27. The van der Waals surface area contributed by atoms with Crippen LogP contribution in [0.1, 0.15) is 25.1 Å². The van der Waals surface area contributed by atoms with Crippen molar-refractivity contribution in [2.45, 2.75) is 26.9 Å². The van der Waals surface area contributed by atoms with Crippen LogP contribution in [-0.2, 0) is 13.1 Å². The van der Waals surface area contributed by atoms with Crippen molar-refractivity contribution in [3.05, 3.63) is 41.2 Å². The van der Waals surface area contributed by atoms with E-state index in [4.69, 9.17) is 0 Å². The topological polar surface area (TPSA) is 41.0 Å². The first kappa shape index (κ1) is 14.0. The van der Waals surface area contributed by atoms with Crippen LogP contribution in [0.3, 0.4) is 0 Å². The van der Waals surface area contributed by atoms with Gasteiger partial charge in [-0.25, -0.2) is 4.98 Å². The Hall–Kier alpha value is -1.46. The Morgan fingerprint density at radius 2 is 2.05 bits per heavy atom. The molecule has 1 N–H and O–H groups in total. The highest BCUT2D eigenvalue weighted by molar-refractivity contribution is 7.13. The fourth-order valence-electron chi connectivity index (χ4n) is 1.80. The molecule has 0 atom stereocenters. The van der Waals surface area contributed by atoms with E-state index in [1.165, 1.54) is 5.56 Å². The van der Waals surface area contributed by atoms with Crippen LogP contribution in [0.25, 0.3) is 0 Å². The normalized spacial score (nSPS) is 10.6. The first-order chi connectivity index (χ1) is 9.33. The number of nitrogens with one attached hydrogen (secondary N) is 1. The first-order valence-corrected chi connectivity index (χ1v) is 7.50. The summed E-state index contributed by atoms with van der Waals surface area (Å²) in [5.41, 5.74) is 2.38. The lowest BCUT2D eigenvalue weighted by atomic mass is 10.2. The number of nitrogens with zero attached hydrogens (tertiary/aromatic N) is 3. The SMILES string of the molecule is CCNCc1csc(N(CC)Cc2ccncc2)n1. The molecule has 0 unspecified atom stereocenters. The van der Waals surface area contributed by atoms with Gasteiger partial charge in [0.15, 0.2) is 5.13 Å². The van der Waals surface area contributed by atoms with Crippen molar-refractivity contribution in [1.29, 1.82) is 0 Å². The maximum absolute atomic E-state index is 4.68. The molecule has 2 heterocycles. The zero-order valence-corrected chi connectivity index (χ0v) is 12.3. The van der Waals surface area contributed by atoms with Gasteiger partial charge in [0.25, 0.3) is 0 Å². The van der Waals surface area contributed by atoms with Crippen LogP contribution in [0.2, 0.25) is 0 Å². The van der Waals surface area contributed by atoms with Gasteiger partial charge in [0.2, 0.25) is 0 Å². The van der Waals surface area contributed by atoms with E-state index in [9.17, 15) is 0 Å². The molecule has 0 radical (unpaired) electrons.